The number of hydrogen-bond donors (Lipinski definition) is 1. The summed E-state index contributed by atoms with van der Waals surface area (Å²) in [7, 11) is 0. The lowest BCUT2D eigenvalue weighted by Gasteiger charge is -2.41. The standard InChI is InChI=1S/C16H24Cl2N2/c1-2-6-12-7-3-4-10-20(12)15(11-19)13-8-5-9-14(17)16(13)18/h5,8-9,12,15H,2-4,6-7,10-11,19H2,1H3. The first kappa shape index (κ1) is 16.1. The molecular weight excluding hydrogens is 291 g/mol. The zero-order chi connectivity index (χ0) is 14.5. The van der Waals surface area contributed by atoms with Crippen LogP contribution in [0.1, 0.15) is 50.6 Å². The van der Waals surface area contributed by atoms with Gasteiger partial charge in [0.25, 0.3) is 0 Å². The van der Waals surface area contributed by atoms with Crippen LogP contribution in [-0.2, 0) is 0 Å². The van der Waals surface area contributed by atoms with E-state index < -0.39 is 0 Å². The van der Waals surface area contributed by atoms with Gasteiger partial charge in [0.2, 0.25) is 0 Å². The first-order valence-electron chi connectivity index (χ1n) is 7.58. The number of nitrogens with two attached hydrogens (primary N) is 1. The van der Waals surface area contributed by atoms with Crippen molar-refractivity contribution >= 4 is 23.2 Å². The highest BCUT2D eigenvalue weighted by Gasteiger charge is 2.29. The molecule has 1 fully saturated rings. The zero-order valence-corrected chi connectivity index (χ0v) is 13.6. The first-order chi connectivity index (χ1) is 9.69. The molecule has 0 radical (unpaired) electrons. The van der Waals surface area contributed by atoms with Gasteiger partial charge in [-0.15, -0.1) is 0 Å². The molecule has 1 saturated heterocycles. The van der Waals surface area contributed by atoms with E-state index in [4.69, 9.17) is 28.9 Å². The number of halogens is 2. The van der Waals surface area contributed by atoms with Crippen molar-refractivity contribution in [2.75, 3.05) is 13.1 Å². The number of benzene rings is 1. The second-order valence-electron chi connectivity index (χ2n) is 5.57. The van der Waals surface area contributed by atoms with Gasteiger partial charge in [0.1, 0.15) is 0 Å². The average Bonchev–Trinajstić information content (AvgIpc) is 2.46. The predicted molar refractivity (Wildman–Crippen MR) is 87.5 cm³/mol. The van der Waals surface area contributed by atoms with E-state index >= 15 is 0 Å². The Bertz CT molecular complexity index is 434. The van der Waals surface area contributed by atoms with E-state index in [9.17, 15) is 0 Å². The summed E-state index contributed by atoms with van der Waals surface area (Å²) in [5.41, 5.74) is 7.14. The topological polar surface area (TPSA) is 29.3 Å². The average molecular weight is 315 g/mol. The van der Waals surface area contributed by atoms with Crippen LogP contribution in [0.4, 0.5) is 0 Å². The second-order valence-corrected chi connectivity index (χ2v) is 6.36. The number of hydrogen-bond acceptors (Lipinski definition) is 2. The molecule has 0 aliphatic carbocycles. The molecule has 2 atom stereocenters. The molecule has 2 nitrogen and oxygen atoms in total. The summed E-state index contributed by atoms with van der Waals surface area (Å²) in [6, 6.07) is 6.66. The molecule has 1 heterocycles. The first-order valence-corrected chi connectivity index (χ1v) is 8.34. The van der Waals surface area contributed by atoms with E-state index in [0.717, 1.165) is 12.1 Å². The van der Waals surface area contributed by atoms with Crippen LogP contribution in [0.5, 0.6) is 0 Å². The second kappa shape index (κ2) is 7.65. The van der Waals surface area contributed by atoms with Gasteiger partial charge in [-0.25, -0.2) is 0 Å². The van der Waals surface area contributed by atoms with Crippen molar-refractivity contribution in [1.29, 1.82) is 0 Å². The molecule has 4 heteroatoms. The smallest absolute Gasteiger partial charge is 0.0640 e. The Morgan fingerprint density at radius 2 is 2.15 bits per heavy atom. The van der Waals surface area contributed by atoms with Gasteiger partial charge in [-0.3, -0.25) is 4.90 Å². The van der Waals surface area contributed by atoms with E-state index in [1.807, 2.05) is 12.1 Å². The molecule has 1 aliphatic heterocycles. The summed E-state index contributed by atoms with van der Waals surface area (Å²) in [5.74, 6) is 0. The van der Waals surface area contributed by atoms with Crippen LogP contribution in [0.2, 0.25) is 10.0 Å². The number of piperidine rings is 1. The molecule has 0 aromatic heterocycles. The summed E-state index contributed by atoms with van der Waals surface area (Å²) in [6.45, 7) is 3.94. The molecule has 2 rings (SSSR count). The molecule has 2 unspecified atom stereocenters. The van der Waals surface area contributed by atoms with Gasteiger partial charge >= 0.3 is 0 Å². The zero-order valence-electron chi connectivity index (χ0n) is 12.1. The summed E-state index contributed by atoms with van der Waals surface area (Å²) >= 11 is 12.6. The minimum atomic E-state index is 0.179. The van der Waals surface area contributed by atoms with Crippen LogP contribution in [0.25, 0.3) is 0 Å². The van der Waals surface area contributed by atoms with Gasteiger partial charge in [0.15, 0.2) is 0 Å². The molecule has 0 bridgehead atoms. The molecule has 1 aliphatic rings. The Labute approximate surface area is 132 Å². The van der Waals surface area contributed by atoms with E-state index in [-0.39, 0.29) is 6.04 Å². The quantitative estimate of drug-likeness (QED) is 0.857. The summed E-state index contributed by atoms with van der Waals surface area (Å²) in [4.78, 5) is 2.55. The molecule has 1 aromatic rings. The Morgan fingerprint density at radius 3 is 2.85 bits per heavy atom. The van der Waals surface area contributed by atoms with E-state index in [2.05, 4.69) is 17.9 Å². The molecule has 1 aromatic carbocycles. The Morgan fingerprint density at radius 1 is 1.35 bits per heavy atom. The van der Waals surface area contributed by atoms with Crippen LogP contribution in [-0.4, -0.2) is 24.0 Å². The maximum Gasteiger partial charge on any atom is 0.0640 e. The maximum atomic E-state index is 6.40. The molecule has 0 saturated carbocycles. The van der Waals surface area contributed by atoms with E-state index in [1.165, 1.54) is 32.1 Å². The van der Waals surface area contributed by atoms with Crippen molar-refractivity contribution in [3.05, 3.63) is 33.8 Å². The summed E-state index contributed by atoms with van der Waals surface area (Å²) < 4.78 is 0. The van der Waals surface area contributed by atoms with Gasteiger partial charge in [-0.05, 0) is 37.4 Å². The van der Waals surface area contributed by atoms with Crippen molar-refractivity contribution in [3.63, 3.8) is 0 Å². The Hall–Kier alpha value is -0.280. The fraction of sp³-hybridized carbons (Fsp3) is 0.625. The van der Waals surface area contributed by atoms with Crippen LogP contribution in [0.15, 0.2) is 18.2 Å². The Kier molecular flexibility index (Phi) is 6.16. The summed E-state index contributed by atoms with van der Waals surface area (Å²) in [6.07, 6.45) is 6.27. The molecule has 0 amide bonds. The van der Waals surface area contributed by atoms with E-state index in [1.54, 1.807) is 0 Å². The van der Waals surface area contributed by atoms with Gasteiger partial charge in [0, 0.05) is 18.6 Å². The third-order valence-electron chi connectivity index (χ3n) is 4.26. The third-order valence-corrected chi connectivity index (χ3v) is 5.09. The largest absolute Gasteiger partial charge is 0.329 e. The molecule has 112 valence electrons. The fourth-order valence-corrected chi connectivity index (χ4v) is 3.73. The highest BCUT2D eigenvalue weighted by Crippen LogP contribution is 2.36. The van der Waals surface area contributed by atoms with Gasteiger partial charge in [-0.1, -0.05) is 55.1 Å². The van der Waals surface area contributed by atoms with Gasteiger partial charge in [-0.2, -0.15) is 0 Å². The van der Waals surface area contributed by atoms with Crippen LogP contribution < -0.4 is 5.73 Å². The summed E-state index contributed by atoms with van der Waals surface area (Å²) in [5, 5.41) is 1.28. The number of likely N-dealkylation sites (tertiary alicyclic amines) is 1. The maximum absolute atomic E-state index is 6.40. The lowest BCUT2D eigenvalue weighted by molar-refractivity contribution is 0.0913. The van der Waals surface area contributed by atoms with Crippen molar-refractivity contribution in [2.24, 2.45) is 5.73 Å². The highest BCUT2D eigenvalue weighted by atomic mass is 35.5. The van der Waals surface area contributed by atoms with Crippen molar-refractivity contribution in [2.45, 2.75) is 51.1 Å². The lowest BCUT2D eigenvalue weighted by Crippen LogP contribution is -2.44. The van der Waals surface area contributed by atoms with Gasteiger partial charge < -0.3 is 5.73 Å². The van der Waals surface area contributed by atoms with Crippen LogP contribution in [0, 0.1) is 0 Å². The fourth-order valence-electron chi connectivity index (χ4n) is 3.30. The van der Waals surface area contributed by atoms with Gasteiger partial charge in [0.05, 0.1) is 10.0 Å². The normalized spacial score (nSPS) is 21.9. The molecular formula is C16H24Cl2N2. The lowest BCUT2D eigenvalue weighted by atomic mass is 9.93. The van der Waals surface area contributed by atoms with Crippen molar-refractivity contribution < 1.29 is 0 Å². The molecule has 20 heavy (non-hydrogen) atoms. The van der Waals surface area contributed by atoms with Crippen LogP contribution in [0.3, 0.4) is 0 Å². The molecule has 2 N–H and O–H groups in total. The number of rotatable bonds is 5. The minimum absolute atomic E-state index is 0.179. The predicted octanol–water partition coefficient (Wildman–Crippen LogP) is 4.65. The van der Waals surface area contributed by atoms with Crippen LogP contribution >= 0.6 is 23.2 Å². The Balaban J connectivity index is 2.27. The SMILES string of the molecule is CCCC1CCCCN1C(CN)c1cccc(Cl)c1Cl. The minimum Gasteiger partial charge on any atom is -0.329 e. The van der Waals surface area contributed by atoms with E-state index in [0.29, 0.717) is 22.6 Å². The highest BCUT2D eigenvalue weighted by molar-refractivity contribution is 6.42. The van der Waals surface area contributed by atoms with Crippen molar-refractivity contribution in [1.82, 2.24) is 4.90 Å². The monoisotopic (exact) mass is 314 g/mol. The third kappa shape index (κ3) is 3.48. The van der Waals surface area contributed by atoms with Crippen molar-refractivity contribution in [3.8, 4) is 0 Å². The number of nitrogens with zero attached hydrogens (tertiary/aromatic N) is 1. The molecule has 0 spiro atoms.